The maximum atomic E-state index is 14.3. The molecule has 0 fully saturated rings. The summed E-state index contributed by atoms with van der Waals surface area (Å²) < 4.78 is 16.0. The van der Waals surface area contributed by atoms with Crippen molar-refractivity contribution < 1.29 is 9.18 Å². The normalized spacial score (nSPS) is 10.3. The van der Waals surface area contributed by atoms with Gasteiger partial charge in [0.2, 0.25) is 5.91 Å². The number of nitrogens with one attached hydrogen (secondary N) is 1. The third-order valence-electron chi connectivity index (χ3n) is 3.48. The summed E-state index contributed by atoms with van der Waals surface area (Å²) in [6.45, 7) is 0.172. The Morgan fingerprint density at radius 1 is 1.15 bits per heavy atom. The summed E-state index contributed by atoms with van der Waals surface area (Å²) in [6.07, 6.45) is 5.13. The number of hydrogen-bond donors (Lipinski definition) is 1. The lowest BCUT2D eigenvalue weighted by molar-refractivity contribution is -0.118. The monoisotopic (exact) mass is 366 g/mol. The van der Waals surface area contributed by atoms with Gasteiger partial charge in [0.05, 0.1) is 17.9 Å². The van der Waals surface area contributed by atoms with E-state index in [1.807, 2.05) is 30.3 Å². The van der Waals surface area contributed by atoms with Gasteiger partial charge in [0.1, 0.15) is 5.82 Å². The van der Waals surface area contributed by atoms with Crippen LogP contribution in [0.15, 0.2) is 59.8 Å². The molecule has 3 rings (SSSR count). The van der Waals surface area contributed by atoms with Crippen LogP contribution in [0, 0.1) is 18.2 Å². The number of amides is 1. The van der Waals surface area contributed by atoms with E-state index in [1.165, 1.54) is 17.8 Å². The highest BCUT2D eigenvalue weighted by atomic mass is 32.2. The molecule has 0 saturated heterocycles. The second-order valence-electron chi connectivity index (χ2n) is 5.23. The average Bonchev–Trinajstić information content (AvgIpc) is 3.09. The molecule has 26 heavy (non-hydrogen) atoms. The van der Waals surface area contributed by atoms with E-state index < -0.39 is 0 Å². The minimum absolute atomic E-state index is 0.129. The summed E-state index contributed by atoms with van der Waals surface area (Å²) in [5, 5.41) is 11.4. The van der Waals surface area contributed by atoms with Gasteiger partial charge < -0.3 is 5.32 Å². The van der Waals surface area contributed by atoms with Gasteiger partial charge in [0.25, 0.3) is 0 Å². The molecule has 0 aliphatic heterocycles. The van der Waals surface area contributed by atoms with E-state index in [4.69, 9.17) is 6.42 Å². The molecule has 130 valence electrons. The Hall–Kier alpha value is -3.11. The van der Waals surface area contributed by atoms with E-state index in [0.29, 0.717) is 16.5 Å². The van der Waals surface area contributed by atoms with E-state index in [1.54, 1.807) is 22.8 Å². The van der Waals surface area contributed by atoms with Gasteiger partial charge in [-0.2, -0.15) is 0 Å². The van der Waals surface area contributed by atoms with Gasteiger partial charge in [-0.25, -0.2) is 4.39 Å². The Bertz CT molecular complexity index is 950. The van der Waals surface area contributed by atoms with Crippen molar-refractivity contribution in [2.75, 3.05) is 12.3 Å². The first-order chi connectivity index (χ1) is 12.7. The molecule has 1 amide bonds. The highest BCUT2D eigenvalue weighted by molar-refractivity contribution is 7.99. The van der Waals surface area contributed by atoms with E-state index in [9.17, 15) is 9.18 Å². The predicted octanol–water partition coefficient (Wildman–Crippen LogP) is 2.91. The molecule has 5 nitrogen and oxygen atoms in total. The summed E-state index contributed by atoms with van der Waals surface area (Å²) in [6, 6.07) is 15.7. The largest absolute Gasteiger partial charge is 0.344 e. The molecule has 0 unspecified atom stereocenters. The standard InChI is InChI=1S/C19H15FN4OS/c1-2-12-21-17(25)13-26-19-23-22-18(15-10-6-7-11-16(15)20)24(19)14-8-4-3-5-9-14/h1,3-11H,12-13H2,(H,21,25). The van der Waals surface area contributed by atoms with Crippen LogP contribution in [0.1, 0.15) is 0 Å². The molecule has 0 saturated carbocycles. The minimum atomic E-state index is -0.389. The lowest BCUT2D eigenvalue weighted by Gasteiger charge is -2.10. The van der Waals surface area contributed by atoms with Crippen LogP contribution in [0.4, 0.5) is 4.39 Å². The number of halogens is 1. The lowest BCUT2D eigenvalue weighted by Crippen LogP contribution is -2.25. The van der Waals surface area contributed by atoms with E-state index >= 15 is 0 Å². The van der Waals surface area contributed by atoms with E-state index in [0.717, 1.165) is 5.69 Å². The number of carbonyl (C=O) groups excluding carboxylic acids is 1. The molecule has 2 aromatic carbocycles. The fraction of sp³-hybridized carbons (Fsp3) is 0.105. The maximum Gasteiger partial charge on any atom is 0.231 e. The Labute approximate surface area is 154 Å². The fourth-order valence-corrected chi connectivity index (χ4v) is 3.10. The number of carbonyl (C=O) groups is 1. The van der Waals surface area contributed by atoms with Crippen LogP contribution in [-0.4, -0.2) is 33.0 Å². The number of benzene rings is 2. The Morgan fingerprint density at radius 3 is 2.62 bits per heavy atom. The van der Waals surface area contributed by atoms with Crippen molar-refractivity contribution in [2.24, 2.45) is 0 Å². The second kappa shape index (κ2) is 8.32. The van der Waals surface area contributed by atoms with Gasteiger partial charge in [0, 0.05) is 5.69 Å². The fourth-order valence-electron chi connectivity index (χ4n) is 2.32. The van der Waals surface area contributed by atoms with Crippen LogP contribution < -0.4 is 5.32 Å². The van der Waals surface area contributed by atoms with Crippen molar-refractivity contribution in [3.8, 4) is 29.4 Å². The smallest absolute Gasteiger partial charge is 0.231 e. The third-order valence-corrected chi connectivity index (χ3v) is 4.41. The van der Waals surface area contributed by atoms with Crippen molar-refractivity contribution in [3.05, 3.63) is 60.4 Å². The van der Waals surface area contributed by atoms with Gasteiger partial charge in [-0.05, 0) is 24.3 Å². The lowest BCUT2D eigenvalue weighted by atomic mass is 10.2. The molecule has 1 heterocycles. The third kappa shape index (κ3) is 3.92. The molecule has 0 radical (unpaired) electrons. The molecule has 0 spiro atoms. The number of rotatable bonds is 6. The molecule has 1 N–H and O–H groups in total. The first-order valence-corrected chi connectivity index (χ1v) is 8.78. The number of aromatic nitrogens is 3. The van der Waals surface area contributed by atoms with Crippen molar-refractivity contribution in [1.29, 1.82) is 0 Å². The Morgan fingerprint density at radius 2 is 1.88 bits per heavy atom. The first-order valence-electron chi connectivity index (χ1n) is 7.79. The quantitative estimate of drug-likeness (QED) is 0.538. The van der Waals surface area contributed by atoms with Crippen LogP contribution in [0.25, 0.3) is 17.1 Å². The molecule has 1 aromatic heterocycles. The Kier molecular flexibility index (Phi) is 5.66. The van der Waals surface area contributed by atoms with E-state index in [-0.39, 0.29) is 24.0 Å². The van der Waals surface area contributed by atoms with Gasteiger partial charge in [-0.3, -0.25) is 9.36 Å². The van der Waals surface area contributed by atoms with Crippen molar-refractivity contribution in [1.82, 2.24) is 20.1 Å². The van der Waals surface area contributed by atoms with Crippen molar-refractivity contribution in [2.45, 2.75) is 5.16 Å². The summed E-state index contributed by atoms with van der Waals surface area (Å²) >= 11 is 1.21. The van der Waals surface area contributed by atoms with Gasteiger partial charge in [0.15, 0.2) is 11.0 Å². The highest BCUT2D eigenvalue weighted by Crippen LogP contribution is 2.29. The molecule has 0 atom stereocenters. The second-order valence-corrected chi connectivity index (χ2v) is 6.17. The first kappa shape index (κ1) is 17.7. The van der Waals surface area contributed by atoms with Crippen LogP contribution in [0.5, 0.6) is 0 Å². The summed E-state index contributed by atoms with van der Waals surface area (Å²) in [7, 11) is 0. The minimum Gasteiger partial charge on any atom is -0.344 e. The van der Waals surface area contributed by atoms with Gasteiger partial charge in [-0.15, -0.1) is 16.6 Å². The number of para-hydroxylation sites is 1. The Balaban J connectivity index is 1.97. The number of hydrogen-bond acceptors (Lipinski definition) is 4. The maximum absolute atomic E-state index is 14.3. The van der Waals surface area contributed by atoms with Crippen LogP contribution in [-0.2, 0) is 4.79 Å². The van der Waals surface area contributed by atoms with Gasteiger partial charge >= 0.3 is 0 Å². The number of thioether (sulfide) groups is 1. The predicted molar refractivity (Wildman–Crippen MR) is 99.3 cm³/mol. The zero-order valence-corrected chi connectivity index (χ0v) is 14.5. The zero-order valence-electron chi connectivity index (χ0n) is 13.7. The molecule has 0 bridgehead atoms. The van der Waals surface area contributed by atoms with Crippen LogP contribution >= 0.6 is 11.8 Å². The summed E-state index contributed by atoms with van der Waals surface area (Å²) in [5.41, 5.74) is 1.12. The van der Waals surface area contributed by atoms with Crippen LogP contribution in [0.2, 0.25) is 0 Å². The molecule has 7 heteroatoms. The zero-order chi connectivity index (χ0) is 18.4. The topological polar surface area (TPSA) is 59.8 Å². The SMILES string of the molecule is C#CCNC(=O)CSc1nnc(-c2ccccc2F)n1-c1ccccc1. The van der Waals surface area contributed by atoms with E-state index in [2.05, 4.69) is 21.4 Å². The highest BCUT2D eigenvalue weighted by Gasteiger charge is 2.19. The summed E-state index contributed by atoms with van der Waals surface area (Å²) in [5.74, 6) is 2.26. The number of nitrogens with zero attached hydrogens (tertiary/aromatic N) is 3. The molecular weight excluding hydrogens is 351 g/mol. The average molecular weight is 366 g/mol. The molecule has 3 aromatic rings. The number of terminal acetylenes is 1. The van der Waals surface area contributed by atoms with Gasteiger partial charge in [-0.1, -0.05) is 48.0 Å². The van der Waals surface area contributed by atoms with Crippen molar-refractivity contribution in [3.63, 3.8) is 0 Å². The van der Waals surface area contributed by atoms with Crippen molar-refractivity contribution >= 4 is 17.7 Å². The summed E-state index contributed by atoms with van der Waals surface area (Å²) in [4.78, 5) is 11.8. The van der Waals surface area contributed by atoms with Crippen LogP contribution in [0.3, 0.4) is 0 Å². The molecule has 0 aliphatic carbocycles. The molecular formula is C19H15FN4OS. The molecule has 0 aliphatic rings.